The Morgan fingerprint density at radius 1 is 1.31 bits per heavy atom. The van der Waals surface area contributed by atoms with Gasteiger partial charge < -0.3 is 14.8 Å². The number of anilines is 1. The smallest absolute Gasteiger partial charge is 0.320 e. The van der Waals surface area contributed by atoms with Crippen LogP contribution in [-0.4, -0.2) is 53.2 Å². The van der Waals surface area contributed by atoms with E-state index in [4.69, 9.17) is 14.5 Å². The van der Waals surface area contributed by atoms with Crippen molar-refractivity contribution < 1.29 is 14.3 Å². The minimum atomic E-state index is -0.549. The minimum absolute atomic E-state index is 0.334. The molecule has 1 saturated heterocycles. The fourth-order valence-electron chi connectivity index (χ4n) is 3.58. The predicted molar refractivity (Wildman–Crippen MR) is 108 cm³/mol. The van der Waals surface area contributed by atoms with Gasteiger partial charge in [0, 0.05) is 44.8 Å². The molecule has 1 atom stereocenters. The maximum Gasteiger partial charge on any atom is 0.320 e. The Hall–Kier alpha value is -3.04. The quantitative estimate of drug-likeness (QED) is 0.702. The molecule has 0 unspecified atom stereocenters. The van der Waals surface area contributed by atoms with Crippen molar-refractivity contribution in [3.63, 3.8) is 0 Å². The summed E-state index contributed by atoms with van der Waals surface area (Å²) in [6.45, 7) is 5.06. The van der Waals surface area contributed by atoms with Crippen LogP contribution in [0.15, 0.2) is 24.4 Å². The Kier molecular flexibility index (Phi) is 4.93. The highest BCUT2D eigenvalue weighted by Gasteiger charge is 2.38. The number of nitrogens with one attached hydrogen (secondary N) is 2. The molecule has 1 fully saturated rings. The van der Waals surface area contributed by atoms with E-state index in [0.717, 1.165) is 34.3 Å². The highest BCUT2D eigenvalue weighted by atomic mass is 16.5. The number of fused-ring (bicyclic) bond motifs is 1. The van der Waals surface area contributed by atoms with Gasteiger partial charge in [0.15, 0.2) is 5.82 Å². The van der Waals surface area contributed by atoms with Crippen LogP contribution in [0, 0.1) is 13.8 Å². The lowest BCUT2D eigenvalue weighted by atomic mass is 9.97. The second kappa shape index (κ2) is 7.41. The Balaban J connectivity index is 1.84. The molecule has 2 amide bonds. The van der Waals surface area contributed by atoms with Crippen molar-refractivity contribution in [1.29, 1.82) is 0 Å². The molecule has 0 saturated carbocycles. The van der Waals surface area contributed by atoms with Gasteiger partial charge in [0.1, 0.15) is 11.4 Å². The van der Waals surface area contributed by atoms with E-state index in [0.29, 0.717) is 24.8 Å². The number of hydrogen-bond acceptors (Lipinski definition) is 6. The van der Waals surface area contributed by atoms with E-state index in [2.05, 4.69) is 20.7 Å². The van der Waals surface area contributed by atoms with Crippen molar-refractivity contribution in [2.75, 3.05) is 32.7 Å². The fourth-order valence-corrected chi connectivity index (χ4v) is 3.58. The van der Waals surface area contributed by atoms with Crippen LogP contribution in [0.3, 0.4) is 0 Å². The van der Waals surface area contributed by atoms with Crippen molar-refractivity contribution in [2.24, 2.45) is 0 Å². The molecule has 0 bridgehead atoms. The molecule has 29 heavy (non-hydrogen) atoms. The van der Waals surface area contributed by atoms with E-state index in [-0.39, 0.29) is 6.03 Å². The number of urea groups is 1. The molecular weight excluding hydrogens is 372 g/mol. The van der Waals surface area contributed by atoms with Crippen molar-refractivity contribution in [3.8, 4) is 5.82 Å². The number of hydrogen-bond donors (Lipinski definition) is 2. The number of methoxy groups -OCH3 is 1. The van der Waals surface area contributed by atoms with Gasteiger partial charge in [0.25, 0.3) is 0 Å². The topological polar surface area (TPSA) is 103 Å². The molecular formula is C20H24N6O3. The first-order valence-electron chi connectivity index (χ1n) is 9.42. The maximum atomic E-state index is 11.7. The summed E-state index contributed by atoms with van der Waals surface area (Å²) in [5, 5.41) is 10.8. The molecule has 0 aromatic carbocycles. The Labute approximate surface area is 168 Å². The third-order valence-electron chi connectivity index (χ3n) is 5.23. The first kappa shape index (κ1) is 19.3. The summed E-state index contributed by atoms with van der Waals surface area (Å²) < 4.78 is 13.2. The van der Waals surface area contributed by atoms with Crippen LogP contribution >= 0.6 is 0 Å². The zero-order chi connectivity index (χ0) is 20.6. The second-order valence-corrected chi connectivity index (χ2v) is 7.18. The number of rotatable bonds is 4. The van der Waals surface area contributed by atoms with Crippen molar-refractivity contribution in [3.05, 3.63) is 41.3 Å². The average molecular weight is 396 g/mol. The van der Waals surface area contributed by atoms with Gasteiger partial charge in [-0.1, -0.05) is 0 Å². The molecule has 0 aliphatic carbocycles. The van der Waals surface area contributed by atoms with Crippen LogP contribution in [0.5, 0.6) is 0 Å². The van der Waals surface area contributed by atoms with Gasteiger partial charge in [-0.15, -0.1) is 0 Å². The summed E-state index contributed by atoms with van der Waals surface area (Å²) in [5.74, 6) is 1.11. The van der Waals surface area contributed by atoms with Crippen LogP contribution in [0.25, 0.3) is 16.7 Å². The van der Waals surface area contributed by atoms with Crippen LogP contribution in [0.2, 0.25) is 0 Å². The Bertz CT molecular complexity index is 1070. The van der Waals surface area contributed by atoms with Crippen LogP contribution in [0.1, 0.15) is 23.4 Å². The molecule has 1 aliphatic rings. The largest absolute Gasteiger partial charge is 0.378 e. The number of ether oxygens (including phenoxy) is 2. The van der Waals surface area contributed by atoms with Crippen LogP contribution < -0.4 is 10.6 Å². The number of nitrogens with zero attached hydrogens (tertiary/aromatic N) is 4. The maximum absolute atomic E-state index is 11.7. The fraction of sp³-hybridized carbons (Fsp3) is 0.400. The zero-order valence-electron chi connectivity index (χ0n) is 16.9. The average Bonchev–Trinajstić information content (AvgIpc) is 3.33. The highest BCUT2D eigenvalue weighted by molar-refractivity contribution is 5.91. The molecule has 0 spiro atoms. The predicted octanol–water partition coefficient (Wildman–Crippen LogP) is 2.45. The van der Waals surface area contributed by atoms with E-state index in [9.17, 15) is 4.79 Å². The molecule has 4 heterocycles. The van der Waals surface area contributed by atoms with E-state index < -0.39 is 5.60 Å². The van der Waals surface area contributed by atoms with Gasteiger partial charge in [-0.2, -0.15) is 5.10 Å². The molecule has 9 heteroatoms. The first-order valence-corrected chi connectivity index (χ1v) is 9.42. The first-order chi connectivity index (χ1) is 14.0. The van der Waals surface area contributed by atoms with Crippen molar-refractivity contribution in [1.82, 2.24) is 25.1 Å². The van der Waals surface area contributed by atoms with Crippen molar-refractivity contribution in [2.45, 2.75) is 25.9 Å². The lowest BCUT2D eigenvalue weighted by Gasteiger charge is -2.26. The normalized spacial score (nSPS) is 18.9. The molecule has 152 valence electrons. The number of aryl methyl sites for hydroxylation is 2. The molecule has 1 aliphatic heterocycles. The summed E-state index contributed by atoms with van der Waals surface area (Å²) in [4.78, 5) is 20.8. The summed E-state index contributed by atoms with van der Waals surface area (Å²) in [5.41, 5.74) is 2.96. The monoisotopic (exact) mass is 396 g/mol. The third-order valence-corrected chi connectivity index (χ3v) is 5.23. The zero-order valence-corrected chi connectivity index (χ0v) is 16.9. The molecule has 3 aromatic heterocycles. The molecule has 0 radical (unpaired) electrons. The highest BCUT2D eigenvalue weighted by Crippen LogP contribution is 2.34. The second-order valence-electron chi connectivity index (χ2n) is 7.18. The SMILES string of the molecule is CNC(=O)Nc1cc2c(cn1)c(C)nn2-c1cc(C)cc([C@]2(OC)CCOC2)n1. The Morgan fingerprint density at radius 3 is 2.83 bits per heavy atom. The number of carbonyl (C=O) groups is 1. The van der Waals surface area contributed by atoms with E-state index in [1.165, 1.54) is 0 Å². The summed E-state index contributed by atoms with van der Waals surface area (Å²) in [7, 11) is 3.24. The molecule has 9 nitrogen and oxygen atoms in total. The third kappa shape index (κ3) is 3.43. The van der Waals surface area contributed by atoms with E-state index >= 15 is 0 Å². The summed E-state index contributed by atoms with van der Waals surface area (Å²) in [6, 6.07) is 5.46. The van der Waals surface area contributed by atoms with E-state index in [1.54, 1.807) is 31.1 Å². The van der Waals surface area contributed by atoms with Crippen LogP contribution in [0.4, 0.5) is 10.6 Å². The number of carbonyl (C=O) groups excluding carboxylic acids is 1. The standard InChI is InChI=1S/C20H24N6O3/c1-12-7-16(20(28-4)5-6-29-11-20)23-18(8-12)26-15-9-17(24-19(27)21-3)22-10-14(15)13(2)25-26/h7-10H,5-6,11H2,1-4H3,(H2,21,22,24,27)/t20-/m0/s1. The lowest BCUT2D eigenvalue weighted by Crippen LogP contribution is -2.30. The number of amides is 2. The van der Waals surface area contributed by atoms with Crippen LogP contribution in [-0.2, 0) is 15.1 Å². The van der Waals surface area contributed by atoms with Gasteiger partial charge in [-0.3, -0.25) is 5.32 Å². The molecule has 4 rings (SSSR count). The minimum Gasteiger partial charge on any atom is -0.378 e. The summed E-state index contributed by atoms with van der Waals surface area (Å²) >= 11 is 0. The molecule has 2 N–H and O–H groups in total. The lowest BCUT2D eigenvalue weighted by molar-refractivity contribution is -0.0246. The van der Waals surface area contributed by atoms with Gasteiger partial charge in [-0.25, -0.2) is 19.4 Å². The summed E-state index contributed by atoms with van der Waals surface area (Å²) in [6.07, 6.45) is 2.46. The number of pyridine rings is 2. The number of aromatic nitrogens is 4. The van der Waals surface area contributed by atoms with Gasteiger partial charge in [0.2, 0.25) is 0 Å². The molecule has 3 aromatic rings. The van der Waals surface area contributed by atoms with E-state index in [1.807, 2.05) is 26.0 Å². The van der Waals surface area contributed by atoms with Crippen molar-refractivity contribution >= 4 is 22.8 Å². The van der Waals surface area contributed by atoms with Gasteiger partial charge >= 0.3 is 6.03 Å². The van der Waals surface area contributed by atoms with Gasteiger partial charge in [-0.05, 0) is 31.5 Å². The Morgan fingerprint density at radius 2 is 2.14 bits per heavy atom. The van der Waals surface area contributed by atoms with Gasteiger partial charge in [0.05, 0.1) is 23.5 Å².